The van der Waals surface area contributed by atoms with Gasteiger partial charge in [-0.25, -0.2) is 0 Å². The van der Waals surface area contributed by atoms with Crippen molar-refractivity contribution in [1.29, 1.82) is 0 Å². The van der Waals surface area contributed by atoms with Crippen LogP contribution in [0.2, 0.25) is 0 Å². The van der Waals surface area contributed by atoms with E-state index in [1.165, 1.54) is 6.20 Å². The van der Waals surface area contributed by atoms with Gasteiger partial charge in [-0.2, -0.15) is 5.10 Å². The summed E-state index contributed by atoms with van der Waals surface area (Å²) >= 11 is 0. The summed E-state index contributed by atoms with van der Waals surface area (Å²) in [5, 5.41) is 7.39. The predicted octanol–water partition coefficient (Wildman–Crippen LogP) is 2.43. The smallest absolute Gasteiger partial charge is 0.257 e. The molecule has 2 aromatic rings. The van der Waals surface area contributed by atoms with Crippen molar-refractivity contribution in [2.45, 2.75) is 53.1 Å². The maximum Gasteiger partial charge on any atom is 0.257 e. The molecule has 0 aromatic carbocycles. The number of carbonyl (C=O) groups is 1. The van der Waals surface area contributed by atoms with Crippen LogP contribution in [0.1, 0.15) is 60.9 Å². The number of amides is 1. The van der Waals surface area contributed by atoms with E-state index in [1.807, 2.05) is 24.7 Å². The first-order chi connectivity index (χ1) is 10.6. The van der Waals surface area contributed by atoms with Crippen molar-refractivity contribution in [3.05, 3.63) is 51.2 Å². The van der Waals surface area contributed by atoms with Crippen molar-refractivity contribution in [3.63, 3.8) is 0 Å². The Hall–Kier alpha value is -2.37. The molecule has 124 valence electrons. The maximum atomic E-state index is 12.4. The molecular formula is C17H24N4O2. The van der Waals surface area contributed by atoms with Crippen LogP contribution in [0.25, 0.3) is 0 Å². The SMILES string of the molecule is Cc1nn(C(C)(C)C)cc1C(C)NC(=O)c1c[nH]cc(C)c1=O. The fourth-order valence-electron chi connectivity index (χ4n) is 2.36. The zero-order valence-electron chi connectivity index (χ0n) is 14.5. The van der Waals surface area contributed by atoms with Gasteiger partial charge in [0.2, 0.25) is 0 Å². The van der Waals surface area contributed by atoms with E-state index in [4.69, 9.17) is 0 Å². The standard InChI is InChI=1S/C17H24N4O2/c1-10-7-18-8-13(15(10)22)16(23)19-11(2)14-9-21(17(4,5)6)20-12(14)3/h7-9,11H,1-6H3,(H,18,22)(H,19,23). The molecule has 0 saturated heterocycles. The number of H-pyrrole nitrogens is 1. The Bertz CT molecular complexity index is 781. The summed E-state index contributed by atoms with van der Waals surface area (Å²) < 4.78 is 1.89. The molecule has 1 unspecified atom stereocenters. The highest BCUT2D eigenvalue weighted by Crippen LogP contribution is 2.21. The Morgan fingerprint density at radius 3 is 2.52 bits per heavy atom. The minimum atomic E-state index is -0.384. The number of nitrogens with one attached hydrogen (secondary N) is 2. The average Bonchev–Trinajstić information content (AvgIpc) is 2.84. The monoisotopic (exact) mass is 316 g/mol. The number of carbonyl (C=O) groups excluding carboxylic acids is 1. The number of hydrogen-bond donors (Lipinski definition) is 2. The van der Waals surface area contributed by atoms with Crippen molar-refractivity contribution in [2.75, 3.05) is 0 Å². The molecule has 2 N–H and O–H groups in total. The van der Waals surface area contributed by atoms with Crippen LogP contribution in [0.4, 0.5) is 0 Å². The van der Waals surface area contributed by atoms with E-state index in [0.717, 1.165) is 11.3 Å². The van der Waals surface area contributed by atoms with Gasteiger partial charge in [0.1, 0.15) is 5.56 Å². The molecule has 0 spiro atoms. The summed E-state index contributed by atoms with van der Waals surface area (Å²) in [4.78, 5) is 27.2. The Morgan fingerprint density at radius 1 is 1.30 bits per heavy atom. The lowest BCUT2D eigenvalue weighted by Gasteiger charge is -2.19. The third kappa shape index (κ3) is 3.52. The first kappa shape index (κ1) is 17.0. The highest BCUT2D eigenvalue weighted by molar-refractivity contribution is 5.94. The van der Waals surface area contributed by atoms with Crippen LogP contribution in [0.15, 0.2) is 23.4 Å². The number of hydrogen-bond acceptors (Lipinski definition) is 3. The molecule has 0 fully saturated rings. The molecule has 2 rings (SSSR count). The van der Waals surface area contributed by atoms with Gasteiger partial charge in [-0.3, -0.25) is 14.3 Å². The largest absolute Gasteiger partial charge is 0.366 e. The fraction of sp³-hybridized carbons (Fsp3) is 0.471. The molecular weight excluding hydrogens is 292 g/mol. The zero-order valence-corrected chi connectivity index (χ0v) is 14.5. The summed E-state index contributed by atoms with van der Waals surface area (Å²) in [6, 6.07) is -0.237. The van der Waals surface area contributed by atoms with Crippen molar-refractivity contribution >= 4 is 5.91 Å². The molecule has 1 amide bonds. The molecule has 0 aliphatic heterocycles. The number of aryl methyl sites for hydroxylation is 2. The third-order valence-corrected chi connectivity index (χ3v) is 3.81. The quantitative estimate of drug-likeness (QED) is 0.912. The molecule has 0 aliphatic rings. The van der Waals surface area contributed by atoms with E-state index in [2.05, 4.69) is 36.2 Å². The summed E-state index contributed by atoms with van der Waals surface area (Å²) in [5.74, 6) is -0.384. The van der Waals surface area contributed by atoms with Gasteiger partial charge in [0.05, 0.1) is 17.3 Å². The van der Waals surface area contributed by atoms with Crippen molar-refractivity contribution in [2.24, 2.45) is 0 Å². The van der Waals surface area contributed by atoms with Gasteiger partial charge in [0.25, 0.3) is 5.91 Å². The summed E-state index contributed by atoms with van der Waals surface area (Å²) in [6.45, 7) is 11.7. The Morgan fingerprint density at radius 2 is 1.96 bits per heavy atom. The van der Waals surface area contributed by atoms with Crippen LogP contribution < -0.4 is 10.7 Å². The van der Waals surface area contributed by atoms with E-state index in [1.54, 1.807) is 13.1 Å². The molecule has 0 radical (unpaired) electrons. The maximum absolute atomic E-state index is 12.4. The van der Waals surface area contributed by atoms with Crippen LogP contribution >= 0.6 is 0 Å². The Kier molecular flexibility index (Phi) is 4.45. The third-order valence-electron chi connectivity index (χ3n) is 3.81. The molecule has 6 nitrogen and oxygen atoms in total. The van der Waals surface area contributed by atoms with Gasteiger partial charge in [-0.05, 0) is 41.5 Å². The van der Waals surface area contributed by atoms with E-state index < -0.39 is 0 Å². The molecule has 0 bridgehead atoms. The lowest BCUT2D eigenvalue weighted by atomic mass is 10.1. The second-order valence-electron chi connectivity index (χ2n) is 6.86. The van der Waals surface area contributed by atoms with E-state index in [-0.39, 0.29) is 28.5 Å². The van der Waals surface area contributed by atoms with Gasteiger partial charge in [-0.1, -0.05) is 0 Å². The predicted molar refractivity (Wildman–Crippen MR) is 89.6 cm³/mol. The molecule has 2 heterocycles. The number of aromatic nitrogens is 3. The van der Waals surface area contributed by atoms with E-state index >= 15 is 0 Å². The van der Waals surface area contributed by atoms with Gasteiger partial charge in [0, 0.05) is 29.7 Å². The van der Waals surface area contributed by atoms with Crippen LogP contribution in [0.5, 0.6) is 0 Å². The highest BCUT2D eigenvalue weighted by atomic mass is 16.2. The van der Waals surface area contributed by atoms with Crippen molar-refractivity contribution < 1.29 is 4.79 Å². The van der Waals surface area contributed by atoms with Crippen LogP contribution in [0.3, 0.4) is 0 Å². The number of nitrogens with zero attached hydrogens (tertiary/aromatic N) is 2. The molecule has 6 heteroatoms. The van der Waals surface area contributed by atoms with Gasteiger partial charge in [0.15, 0.2) is 5.43 Å². The molecule has 2 aromatic heterocycles. The lowest BCUT2D eigenvalue weighted by Crippen LogP contribution is -2.31. The zero-order chi connectivity index (χ0) is 17.4. The lowest BCUT2D eigenvalue weighted by molar-refractivity contribution is 0.0938. The topological polar surface area (TPSA) is 79.8 Å². The number of rotatable bonds is 3. The van der Waals surface area contributed by atoms with E-state index in [0.29, 0.717) is 5.56 Å². The first-order valence-corrected chi connectivity index (χ1v) is 7.66. The average molecular weight is 316 g/mol. The van der Waals surface area contributed by atoms with Crippen LogP contribution in [-0.2, 0) is 5.54 Å². The summed E-state index contributed by atoms with van der Waals surface area (Å²) in [5.41, 5.74) is 2.07. The minimum Gasteiger partial charge on any atom is -0.366 e. The summed E-state index contributed by atoms with van der Waals surface area (Å²) in [6.07, 6.45) is 4.96. The van der Waals surface area contributed by atoms with Crippen LogP contribution in [-0.4, -0.2) is 20.7 Å². The fourth-order valence-corrected chi connectivity index (χ4v) is 2.36. The molecule has 1 atom stereocenters. The summed E-state index contributed by atoms with van der Waals surface area (Å²) in [7, 11) is 0. The molecule has 0 saturated carbocycles. The number of aromatic amines is 1. The first-order valence-electron chi connectivity index (χ1n) is 7.66. The highest BCUT2D eigenvalue weighted by Gasteiger charge is 2.21. The van der Waals surface area contributed by atoms with Crippen LogP contribution in [0, 0.1) is 13.8 Å². The minimum absolute atomic E-state index is 0.123. The Labute approximate surface area is 135 Å². The van der Waals surface area contributed by atoms with Gasteiger partial charge < -0.3 is 10.3 Å². The second kappa shape index (κ2) is 6.02. The van der Waals surface area contributed by atoms with Gasteiger partial charge >= 0.3 is 0 Å². The Balaban J connectivity index is 2.24. The van der Waals surface area contributed by atoms with Crippen molar-refractivity contribution in [1.82, 2.24) is 20.1 Å². The van der Waals surface area contributed by atoms with E-state index in [9.17, 15) is 9.59 Å². The molecule has 23 heavy (non-hydrogen) atoms. The normalized spacial score (nSPS) is 13.0. The molecule has 0 aliphatic carbocycles. The number of pyridine rings is 1. The van der Waals surface area contributed by atoms with Gasteiger partial charge in [-0.15, -0.1) is 0 Å². The van der Waals surface area contributed by atoms with Crippen molar-refractivity contribution in [3.8, 4) is 0 Å². The second-order valence-corrected chi connectivity index (χ2v) is 6.86.